The first-order valence-corrected chi connectivity index (χ1v) is 7.56. The molecule has 2 N–H and O–H groups in total. The average Bonchev–Trinajstić information content (AvgIpc) is 2.46. The van der Waals surface area contributed by atoms with Crippen LogP contribution >= 0.6 is 0 Å². The summed E-state index contributed by atoms with van der Waals surface area (Å²) in [6, 6.07) is 0. The van der Waals surface area contributed by atoms with Gasteiger partial charge in [-0.1, -0.05) is 39.0 Å². The van der Waals surface area contributed by atoms with Crippen molar-refractivity contribution in [3.63, 3.8) is 0 Å². The Morgan fingerprint density at radius 3 is 2.10 bits per heavy atom. The van der Waals surface area contributed by atoms with Crippen LogP contribution in [0.2, 0.25) is 0 Å². The van der Waals surface area contributed by atoms with Crippen LogP contribution < -0.4 is 0 Å². The van der Waals surface area contributed by atoms with Gasteiger partial charge in [0, 0.05) is 12.8 Å². The van der Waals surface area contributed by atoms with E-state index < -0.39 is 25.3 Å². The standard InChI is InChI=1S/C15H28O5/c1-2-3-4-5-6-7-8-13(18)9-10-15(19)20-14(11-16)12-17/h14,16-17H,2-12H2,1H3. The molecule has 0 rings (SSSR count). The van der Waals surface area contributed by atoms with E-state index in [1.54, 1.807) is 0 Å². The molecule has 0 bridgehead atoms. The fourth-order valence-electron chi connectivity index (χ4n) is 1.85. The molecular formula is C15H28O5. The molecule has 0 aliphatic rings. The first kappa shape index (κ1) is 19.1. The molecule has 5 nitrogen and oxygen atoms in total. The molecule has 0 saturated carbocycles. The van der Waals surface area contributed by atoms with Crippen molar-refractivity contribution in [3.8, 4) is 0 Å². The van der Waals surface area contributed by atoms with Crippen molar-refractivity contribution < 1.29 is 24.5 Å². The third-order valence-electron chi connectivity index (χ3n) is 3.12. The summed E-state index contributed by atoms with van der Waals surface area (Å²) in [4.78, 5) is 22.9. The predicted molar refractivity (Wildman–Crippen MR) is 76.3 cm³/mol. The molecule has 20 heavy (non-hydrogen) atoms. The number of Topliss-reactive ketones (excluding diaryl/α,β-unsaturated/α-hetero) is 1. The van der Waals surface area contributed by atoms with Gasteiger partial charge in [-0.05, 0) is 6.42 Å². The number of esters is 1. The molecule has 0 aliphatic heterocycles. The quantitative estimate of drug-likeness (QED) is 0.400. The second kappa shape index (κ2) is 13.1. The zero-order chi connectivity index (χ0) is 15.2. The Kier molecular flexibility index (Phi) is 12.4. The Labute approximate surface area is 121 Å². The number of rotatable bonds is 13. The Morgan fingerprint density at radius 2 is 1.50 bits per heavy atom. The van der Waals surface area contributed by atoms with Gasteiger partial charge >= 0.3 is 5.97 Å². The van der Waals surface area contributed by atoms with Crippen molar-refractivity contribution >= 4 is 11.8 Å². The first-order valence-electron chi connectivity index (χ1n) is 7.56. The van der Waals surface area contributed by atoms with Crippen molar-refractivity contribution in [1.82, 2.24) is 0 Å². The molecule has 5 heteroatoms. The minimum atomic E-state index is -0.879. The molecule has 0 aromatic rings. The van der Waals surface area contributed by atoms with Gasteiger partial charge in [-0.25, -0.2) is 0 Å². The second-order valence-corrected chi connectivity index (χ2v) is 5.03. The number of carbonyl (C=O) groups excluding carboxylic acids is 2. The highest BCUT2D eigenvalue weighted by atomic mass is 16.6. The molecule has 0 unspecified atom stereocenters. The number of carbonyl (C=O) groups is 2. The van der Waals surface area contributed by atoms with Gasteiger partial charge in [-0.2, -0.15) is 0 Å². The van der Waals surface area contributed by atoms with Gasteiger partial charge in [0.2, 0.25) is 0 Å². The number of ether oxygens (including phenoxy) is 1. The van der Waals surface area contributed by atoms with Gasteiger partial charge in [0.05, 0.1) is 19.6 Å². The molecule has 0 amide bonds. The van der Waals surface area contributed by atoms with Crippen molar-refractivity contribution in [1.29, 1.82) is 0 Å². The molecule has 0 radical (unpaired) electrons. The van der Waals surface area contributed by atoms with E-state index in [4.69, 9.17) is 14.9 Å². The molecule has 0 aromatic heterocycles. The maximum Gasteiger partial charge on any atom is 0.306 e. The fourth-order valence-corrected chi connectivity index (χ4v) is 1.85. The van der Waals surface area contributed by atoms with E-state index in [1.807, 2.05) is 0 Å². The summed E-state index contributed by atoms with van der Waals surface area (Å²) >= 11 is 0. The van der Waals surface area contributed by atoms with Crippen molar-refractivity contribution in [3.05, 3.63) is 0 Å². The van der Waals surface area contributed by atoms with E-state index in [0.29, 0.717) is 6.42 Å². The Balaban J connectivity index is 3.54. The van der Waals surface area contributed by atoms with Crippen LogP contribution in [-0.2, 0) is 14.3 Å². The summed E-state index contributed by atoms with van der Waals surface area (Å²) in [6.45, 7) is 1.35. The summed E-state index contributed by atoms with van der Waals surface area (Å²) in [5, 5.41) is 17.5. The summed E-state index contributed by atoms with van der Waals surface area (Å²) in [7, 11) is 0. The van der Waals surface area contributed by atoms with E-state index >= 15 is 0 Å². The van der Waals surface area contributed by atoms with E-state index in [0.717, 1.165) is 19.3 Å². The molecule has 0 fully saturated rings. The summed E-state index contributed by atoms with van der Waals surface area (Å²) in [5.41, 5.74) is 0. The number of ketones is 1. The van der Waals surface area contributed by atoms with Crippen LogP contribution in [0.15, 0.2) is 0 Å². The molecule has 0 heterocycles. The average molecular weight is 288 g/mol. The molecule has 0 saturated heterocycles. The van der Waals surface area contributed by atoms with E-state index in [2.05, 4.69) is 6.92 Å². The monoisotopic (exact) mass is 288 g/mol. The lowest BCUT2D eigenvalue weighted by Gasteiger charge is -2.12. The summed E-state index contributed by atoms with van der Waals surface area (Å²) in [6.07, 6.45) is 6.63. The van der Waals surface area contributed by atoms with Crippen LogP contribution in [0.4, 0.5) is 0 Å². The predicted octanol–water partition coefficient (Wildman–Crippen LogP) is 1.98. The zero-order valence-electron chi connectivity index (χ0n) is 12.5. The Bertz CT molecular complexity index is 261. The smallest absolute Gasteiger partial charge is 0.306 e. The largest absolute Gasteiger partial charge is 0.457 e. The number of aliphatic hydroxyl groups excluding tert-OH is 2. The van der Waals surface area contributed by atoms with Gasteiger partial charge in [-0.3, -0.25) is 9.59 Å². The highest BCUT2D eigenvalue weighted by Crippen LogP contribution is 2.09. The third-order valence-corrected chi connectivity index (χ3v) is 3.12. The normalized spacial score (nSPS) is 10.8. The summed E-state index contributed by atoms with van der Waals surface area (Å²) in [5.74, 6) is -0.476. The minimum absolute atomic E-state index is 0.0190. The van der Waals surface area contributed by atoms with Crippen LogP contribution in [0.1, 0.15) is 64.7 Å². The number of unbranched alkanes of at least 4 members (excludes halogenated alkanes) is 5. The minimum Gasteiger partial charge on any atom is -0.457 e. The molecule has 0 aromatic carbocycles. The first-order chi connectivity index (χ1) is 9.63. The molecule has 0 atom stereocenters. The molecular weight excluding hydrogens is 260 g/mol. The topological polar surface area (TPSA) is 83.8 Å². The van der Waals surface area contributed by atoms with Crippen LogP contribution in [0, 0.1) is 0 Å². The van der Waals surface area contributed by atoms with Crippen LogP contribution in [0.25, 0.3) is 0 Å². The highest BCUT2D eigenvalue weighted by Gasteiger charge is 2.13. The lowest BCUT2D eigenvalue weighted by Crippen LogP contribution is -2.25. The van der Waals surface area contributed by atoms with Crippen LogP contribution in [0.5, 0.6) is 0 Å². The van der Waals surface area contributed by atoms with Crippen LogP contribution in [-0.4, -0.2) is 41.3 Å². The number of aliphatic hydroxyl groups is 2. The van der Waals surface area contributed by atoms with Gasteiger partial charge in [0.25, 0.3) is 0 Å². The lowest BCUT2D eigenvalue weighted by molar-refractivity contribution is -0.154. The SMILES string of the molecule is CCCCCCCCC(=O)CCC(=O)OC(CO)CO. The molecule has 118 valence electrons. The maximum atomic E-state index is 11.6. The fraction of sp³-hybridized carbons (Fsp3) is 0.867. The van der Waals surface area contributed by atoms with Crippen molar-refractivity contribution in [2.45, 2.75) is 70.8 Å². The van der Waals surface area contributed by atoms with E-state index in [-0.39, 0.29) is 18.6 Å². The number of hydrogen-bond donors (Lipinski definition) is 2. The Hall–Kier alpha value is -0.940. The second-order valence-electron chi connectivity index (χ2n) is 5.03. The Morgan fingerprint density at radius 1 is 0.900 bits per heavy atom. The third kappa shape index (κ3) is 10.9. The zero-order valence-corrected chi connectivity index (χ0v) is 12.5. The molecule has 0 spiro atoms. The van der Waals surface area contributed by atoms with Gasteiger partial charge in [0.15, 0.2) is 0 Å². The molecule has 0 aliphatic carbocycles. The van der Waals surface area contributed by atoms with Gasteiger partial charge in [-0.15, -0.1) is 0 Å². The van der Waals surface area contributed by atoms with E-state index in [9.17, 15) is 9.59 Å². The van der Waals surface area contributed by atoms with Gasteiger partial charge < -0.3 is 14.9 Å². The van der Waals surface area contributed by atoms with Gasteiger partial charge in [0.1, 0.15) is 11.9 Å². The van der Waals surface area contributed by atoms with Crippen LogP contribution in [0.3, 0.4) is 0 Å². The highest BCUT2D eigenvalue weighted by molar-refractivity contribution is 5.82. The van der Waals surface area contributed by atoms with Crippen molar-refractivity contribution in [2.24, 2.45) is 0 Å². The summed E-state index contributed by atoms with van der Waals surface area (Å²) < 4.78 is 4.78. The number of hydrogen-bond acceptors (Lipinski definition) is 5. The van der Waals surface area contributed by atoms with Crippen molar-refractivity contribution in [2.75, 3.05) is 13.2 Å². The van der Waals surface area contributed by atoms with E-state index in [1.165, 1.54) is 19.3 Å². The lowest BCUT2D eigenvalue weighted by atomic mass is 10.1. The maximum absolute atomic E-state index is 11.6.